The van der Waals surface area contributed by atoms with Crippen LogP contribution in [0.1, 0.15) is 113 Å². The minimum absolute atomic E-state index is 0. The monoisotopic (exact) mass is 865 g/mol. The van der Waals surface area contributed by atoms with Crippen molar-refractivity contribution in [1.29, 1.82) is 0 Å². The summed E-state index contributed by atoms with van der Waals surface area (Å²) >= 11 is 0. The van der Waals surface area contributed by atoms with Gasteiger partial charge >= 0.3 is 0 Å². The summed E-state index contributed by atoms with van der Waals surface area (Å²) in [5.74, 6) is 0.925. The van der Waals surface area contributed by atoms with Crippen molar-refractivity contribution in [2.24, 2.45) is 16.7 Å². The van der Waals surface area contributed by atoms with E-state index in [1.807, 2.05) is 47.6 Å². The summed E-state index contributed by atoms with van der Waals surface area (Å²) in [5, 5.41) is 12.5. The topological polar surface area (TPSA) is 63.3 Å². The van der Waals surface area contributed by atoms with Crippen molar-refractivity contribution in [1.82, 2.24) is 4.98 Å². The van der Waals surface area contributed by atoms with Gasteiger partial charge in [-0.3, -0.25) is 9.78 Å². The number of aliphatic hydroxyl groups is 1. The number of ketones is 1. The van der Waals surface area contributed by atoms with Crippen LogP contribution >= 0.6 is 0 Å². The van der Waals surface area contributed by atoms with E-state index >= 15 is 0 Å². The Labute approximate surface area is 320 Å². The molecule has 2 aromatic heterocycles. The molecule has 5 aromatic rings. The molecule has 2 heterocycles. The summed E-state index contributed by atoms with van der Waals surface area (Å²) in [4.78, 5) is 17.1. The SMILES string of the molecule is CC(C)Cc1ccc(-c2cc(-c3[c-]c4ccccc4c(C(C)(C)C)c3)nc3ccoc23)cc1.CCC(C)(CC)C(=O)/C=C(\O)C(C)(CC)CC.[Ir]. The first-order chi connectivity index (χ1) is 23.6. The van der Waals surface area contributed by atoms with Gasteiger partial charge in [-0.2, -0.15) is 0 Å². The van der Waals surface area contributed by atoms with Crippen molar-refractivity contribution in [3.05, 3.63) is 102 Å². The quantitative estimate of drug-likeness (QED) is 0.0816. The molecule has 5 heteroatoms. The van der Waals surface area contributed by atoms with E-state index in [1.54, 1.807) is 6.26 Å². The molecule has 51 heavy (non-hydrogen) atoms. The van der Waals surface area contributed by atoms with Gasteiger partial charge in [0, 0.05) is 54.3 Å². The maximum atomic E-state index is 12.2. The number of aromatic nitrogens is 1. The van der Waals surface area contributed by atoms with Gasteiger partial charge in [-0.15, -0.1) is 29.1 Å². The fourth-order valence-electron chi connectivity index (χ4n) is 6.27. The third-order valence-corrected chi connectivity index (χ3v) is 10.8. The standard InChI is InChI=1S/C31H30NO.C15H28O2.Ir/c1-20(2)16-21-10-12-22(13-11-21)26-19-29(32-28-14-15-33-30(26)28)24-17-23-8-6-7-9-25(23)27(18-24)31(3,4)5;1-7-14(5,8-2)12(16)11-13(17)15(6,9-3)10-4;/h6-15,18-20H,16H2,1-5H3;11,16H,7-10H2,1-6H3;/q-1;;/b;12-11-;. The molecule has 5 rings (SSSR count). The molecule has 0 fully saturated rings. The number of hydrogen-bond donors (Lipinski definition) is 1. The van der Waals surface area contributed by atoms with Crippen LogP contribution in [0.5, 0.6) is 0 Å². The fourth-order valence-corrected chi connectivity index (χ4v) is 6.27. The Morgan fingerprint density at radius 1 is 0.863 bits per heavy atom. The number of carbonyl (C=O) groups is 1. The van der Waals surface area contributed by atoms with Gasteiger partial charge in [0.1, 0.15) is 11.3 Å². The largest absolute Gasteiger partial charge is 0.512 e. The Balaban J connectivity index is 0.000000335. The van der Waals surface area contributed by atoms with Gasteiger partial charge in [0.15, 0.2) is 11.4 Å². The molecule has 0 spiro atoms. The number of benzene rings is 3. The molecule has 4 nitrogen and oxygen atoms in total. The molecule has 275 valence electrons. The number of aliphatic hydroxyl groups excluding tert-OH is 1. The van der Waals surface area contributed by atoms with Crippen molar-refractivity contribution in [2.75, 3.05) is 0 Å². The van der Waals surface area contributed by atoms with Crippen LogP contribution in [-0.4, -0.2) is 15.9 Å². The van der Waals surface area contributed by atoms with Crippen molar-refractivity contribution in [3.63, 3.8) is 0 Å². The van der Waals surface area contributed by atoms with Gasteiger partial charge in [-0.1, -0.05) is 136 Å². The molecule has 0 saturated carbocycles. The molecule has 1 N–H and O–H groups in total. The number of fused-ring (bicyclic) bond motifs is 2. The van der Waals surface area contributed by atoms with Gasteiger partial charge < -0.3 is 9.52 Å². The third kappa shape index (κ3) is 9.67. The first-order valence-corrected chi connectivity index (χ1v) is 18.5. The van der Waals surface area contributed by atoms with Crippen LogP contribution in [0.3, 0.4) is 0 Å². The van der Waals surface area contributed by atoms with Gasteiger partial charge in [0.25, 0.3) is 0 Å². The minimum atomic E-state index is -0.337. The summed E-state index contributed by atoms with van der Waals surface area (Å²) in [6, 6.07) is 27.3. The zero-order valence-electron chi connectivity index (χ0n) is 32.7. The predicted octanol–water partition coefficient (Wildman–Crippen LogP) is 13.3. The summed E-state index contributed by atoms with van der Waals surface area (Å²) in [6.45, 7) is 23.4. The second-order valence-corrected chi connectivity index (χ2v) is 15.8. The molecule has 0 saturated heterocycles. The van der Waals surface area contributed by atoms with Gasteiger partial charge in [0.2, 0.25) is 0 Å². The van der Waals surface area contributed by atoms with Gasteiger partial charge in [0.05, 0.1) is 6.26 Å². The van der Waals surface area contributed by atoms with Gasteiger partial charge in [-0.05, 0) is 54.6 Å². The van der Waals surface area contributed by atoms with Crippen molar-refractivity contribution in [2.45, 2.75) is 114 Å². The number of allylic oxidation sites excluding steroid dienone is 2. The van der Waals surface area contributed by atoms with Crippen LogP contribution in [0, 0.1) is 22.8 Å². The Kier molecular flexibility index (Phi) is 14.2. The Hall–Kier alpha value is -3.53. The number of rotatable bonds is 11. The first-order valence-electron chi connectivity index (χ1n) is 18.5. The van der Waals surface area contributed by atoms with Crippen LogP contribution in [-0.2, 0) is 36.7 Å². The number of furan rings is 1. The predicted molar refractivity (Wildman–Crippen MR) is 212 cm³/mol. The Morgan fingerprint density at radius 3 is 2.04 bits per heavy atom. The molecule has 1 radical (unpaired) electrons. The van der Waals surface area contributed by atoms with Crippen molar-refractivity contribution < 1.29 is 34.4 Å². The van der Waals surface area contributed by atoms with Gasteiger partial charge in [-0.25, -0.2) is 0 Å². The van der Waals surface area contributed by atoms with E-state index in [4.69, 9.17) is 9.40 Å². The normalized spacial score (nSPS) is 12.5. The van der Waals surface area contributed by atoms with E-state index in [0.717, 1.165) is 71.0 Å². The van der Waals surface area contributed by atoms with Crippen LogP contribution in [0.4, 0.5) is 0 Å². The second kappa shape index (κ2) is 17.3. The first kappa shape index (κ1) is 41.9. The molecule has 0 aliphatic heterocycles. The maximum Gasteiger partial charge on any atom is 0.164 e. The molecule has 0 atom stereocenters. The van der Waals surface area contributed by atoms with Crippen LogP contribution < -0.4 is 0 Å². The fraction of sp³-hybridized carbons (Fsp3) is 0.435. The molecular formula is C46H58IrNO3-. The van der Waals surface area contributed by atoms with Crippen molar-refractivity contribution in [3.8, 4) is 22.4 Å². The second-order valence-electron chi connectivity index (χ2n) is 15.8. The summed E-state index contributed by atoms with van der Waals surface area (Å²) in [7, 11) is 0. The Bertz CT molecular complexity index is 1930. The van der Waals surface area contributed by atoms with E-state index in [2.05, 4.69) is 101 Å². The molecular weight excluding hydrogens is 807 g/mol. The van der Waals surface area contributed by atoms with Crippen molar-refractivity contribution >= 4 is 27.7 Å². The number of nitrogens with zero attached hydrogens (tertiary/aromatic N) is 1. The molecule has 3 aromatic carbocycles. The number of pyridine rings is 1. The van der Waals surface area contributed by atoms with Crippen LogP contribution in [0.2, 0.25) is 0 Å². The molecule has 0 aliphatic rings. The molecule has 0 bridgehead atoms. The third-order valence-electron chi connectivity index (χ3n) is 10.8. The summed E-state index contributed by atoms with van der Waals surface area (Å²) in [6.07, 6.45) is 7.56. The molecule has 0 amide bonds. The molecule has 0 aliphatic carbocycles. The molecule has 0 unspecified atom stereocenters. The summed E-state index contributed by atoms with van der Waals surface area (Å²) < 4.78 is 5.86. The van der Waals surface area contributed by atoms with E-state index in [9.17, 15) is 9.90 Å². The number of hydrogen-bond acceptors (Lipinski definition) is 4. The van der Waals surface area contributed by atoms with E-state index in [-0.39, 0.29) is 47.9 Å². The maximum absolute atomic E-state index is 12.2. The van der Waals surface area contributed by atoms with E-state index < -0.39 is 0 Å². The van der Waals surface area contributed by atoms with Crippen LogP contribution in [0.15, 0.2) is 89.2 Å². The average Bonchev–Trinajstić information content (AvgIpc) is 3.59. The average molecular weight is 865 g/mol. The summed E-state index contributed by atoms with van der Waals surface area (Å²) in [5.41, 5.74) is 7.91. The zero-order valence-corrected chi connectivity index (χ0v) is 35.1. The van der Waals surface area contributed by atoms with Crippen LogP contribution in [0.25, 0.3) is 44.3 Å². The van der Waals surface area contributed by atoms with E-state index in [1.165, 1.54) is 22.6 Å². The Morgan fingerprint density at radius 2 is 1.47 bits per heavy atom. The number of carbonyl (C=O) groups excluding carboxylic acids is 1. The zero-order chi connectivity index (χ0) is 36.9. The van der Waals surface area contributed by atoms with E-state index in [0.29, 0.717) is 5.92 Å². The smallest absolute Gasteiger partial charge is 0.164 e. The minimum Gasteiger partial charge on any atom is -0.512 e.